The molecule has 1 amide bonds. The number of rotatable bonds is 6. The fraction of sp³-hybridized carbons (Fsp3) is 0.381. The number of benzene rings is 2. The van der Waals surface area contributed by atoms with Crippen LogP contribution in [0.25, 0.3) is 0 Å². The van der Waals surface area contributed by atoms with Crippen LogP contribution in [-0.4, -0.2) is 45.9 Å². The first-order valence-electron chi connectivity index (χ1n) is 9.61. The van der Waals surface area contributed by atoms with Gasteiger partial charge in [-0.15, -0.1) is 0 Å². The van der Waals surface area contributed by atoms with Crippen molar-refractivity contribution in [3.63, 3.8) is 0 Å². The molecule has 0 radical (unpaired) electrons. The maximum atomic E-state index is 13.0. The third kappa shape index (κ3) is 4.55. The molecule has 0 bridgehead atoms. The van der Waals surface area contributed by atoms with Gasteiger partial charge in [-0.05, 0) is 49.6 Å². The molecule has 1 aliphatic heterocycles. The van der Waals surface area contributed by atoms with E-state index in [0.29, 0.717) is 30.3 Å². The molecule has 9 heteroatoms. The highest BCUT2D eigenvalue weighted by molar-refractivity contribution is 7.89. The average molecular weight is 453 g/mol. The Kier molecular flexibility index (Phi) is 6.90. The smallest absolute Gasteiger partial charge is 0.257 e. The van der Waals surface area contributed by atoms with Crippen molar-refractivity contribution in [2.45, 2.75) is 31.1 Å². The molecule has 0 saturated carbocycles. The zero-order chi connectivity index (χ0) is 21.9. The minimum atomic E-state index is -3.68. The monoisotopic (exact) mass is 452 g/mol. The van der Waals surface area contributed by atoms with Crippen molar-refractivity contribution < 1.29 is 22.7 Å². The maximum absolute atomic E-state index is 13.0. The summed E-state index contributed by atoms with van der Waals surface area (Å²) in [7, 11) is -0.641. The van der Waals surface area contributed by atoms with Crippen LogP contribution in [0.3, 0.4) is 0 Å². The molecule has 1 fully saturated rings. The predicted octanol–water partition coefficient (Wildman–Crippen LogP) is 4.09. The van der Waals surface area contributed by atoms with Crippen molar-refractivity contribution in [3.05, 3.63) is 46.5 Å². The third-order valence-electron chi connectivity index (χ3n) is 5.11. The third-order valence-corrected chi connectivity index (χ3v) is 7.34. The van der Waals surface area contributed by atoms with Gasteiger partial charge < -0.3 is 14.8 Å². The van der Waals surface area contributed by atoms with Crippen LogP contribution in [0.5, 0.6) is 11.5 Å². The number of hydrogen-bond donors (Lipinski definition) is 1. The van der Waals surface area contributed by atoms with Gasteiger partial charge in [-0.2, -0.15) is 4.31 Å². The lowest BCUT2D eigenvalue weighted by Crippen LogP contribution is -2.35. The molecule has 162 valence electrons. The molecule has 0 aromatic heterocycles. The Labute approximate surface area is 182 Å². The van der Waals surface area contributed by atoms with E-state index in [-0.39, 0.29) is 15.5 Å². The van der Waals surface area contributed by atoms with Crippen LogP contribution < -0.4 is 14.8 Å². The molecule has 3 rings (SSSR count). The summed E-state index contributed by atoms with van der Waals surface area (Å²) in [6.45, 7) is 2.78. The fourth-order valence-corrected chi connectivity index (χ4v) is 5.15. The number of sulfonamides is 1. The number of ether oxygens (including phenoxy) is 2. The van der Waals surface area contributed by atoms with Gasteiger partial charge in [0, 0.05) is 24.8 Å². The Bertz CT molecular complexity index is 1050. The molecule has 1 N–H and O–H groups in total. The van der Waals surface area contributed by atoms with Crippen molar-refractivity contribution in [2.24, 2.45) is 0 Å². The van der Waals surface area contributed by atoms with Gasteiger partial charge in [0.15, 0.2) is 11.5 Å². The Morgan fingerprint density at radius 2 is 1.67 bits per heavy atom. The summed E-state index contributed by atoms with van der Waals surface area (Å²) in [5.41, 5.74) is 1.36. The minimum Gasteiger partial charge on any atom is -0.493 e. The van der Waals surface area contributed by atoms with Crippen LogP contribution >= 0.6 is 11.6 Å². The molecule has 2 aromatic rings. The largest absolute Gasteiger partial charge is 0.493 e. The van der Waals surface area contributed by atoms with E-state index in [9.17, 15) is 13.2 Å². The molecule has 1 saturated heterocycles. The molecule has 2 aromatic carbocycles. The number of methoxy groups -OCH3 is 2. The Morgan fingerprint density at radius 1 is 1.03 bits per heavy atom. The first-order chi connectivity index (χ1) is 14.3. The lowest BCUT2D eigenvalue weighted by molar-refractivity contribution is 0.102. The van der Waals surface area contributed by atoms with Gasteiger partial charge in [-0.3, -0.25) is 4.79 Å². The number of nitrogens with zero attached hydrogens (tertiary/aromatic N) is 1. The summed E-state index contributed by atoms with van der Waals surface area (Å²) in [6.07, 6.45) is 2.68. The van der Waals surface area contributed by atoms with Gasteiger partial charge in [0.05, 0.1) is 29.7 Å². The average Bonchev–Trinajstić information content (AvgIpc) is 2.75. The number of hydrogen-bond acceptors (Lipinski definition) is 5. The van der Waals surface area contributed by atoms with Crippen LogP contribution in [0, 0.1) is 6.92 Å². The van der Waals surface area contributed by atoms with E-state index < -0.39 is 15.9 Å². The van der Waals surface area contributed by atoms with Gasteiger partial charge in [-0.25, -0.2) is 8.42 Å². The van der Waals surface area contributed by atoms with Crippen molar-refractivity contribution in [2.75, 3.05) is 32.6 Å². The summed E-state index contributed by atoms with van der Waals surface area (Å²) in [5.74, 6) is 0.498. The highest BCUT2D eigenvalue weighted by atomic mass is 35.5. The van der Waals surface area contributed by atoms with Crippen molar-refractivity contribution in [1.29, 1.82) is 0 Å². The normalized spacial score (nSPS) is 14.9. The standard InChI is InChI=1S/C21H25ClN2O5S/c1-14-11-19(28-2)20(29-3)13-18(14)23-21(25)16-12-15(7-8-17(16)22)30(26,27)24-9-5-4-6-10-24/h7-8,11-13H,4-6,9-10H2,1-3H3,(H,23,25). The Balaban J connectivity index is 1.91. The predicted molar refractivity (Wildman–Crippen MR) is 116 cm³/mol. The van der Waals surface area contributed by atoms with Gasteiger partial charge in [0.25, 0.3) is 5.91 Å². The SMILES string of the molecule is COc1cc(C)c(NC(=O)c2cc(S(=O)(=O)N3CCCCC3)ccc2Cl)cc1OC. The number of carbonyl (C=O) groups excluding carboxylic acids is 1. The Hall–Kier alpha value is -2.29. The van der Waals surface area contributed by atoms with E-state index in [1.165, 1.54) is 36.7 Å². The maximum Gasteiger partial charge on any atom is 0.257 e. The number of nitrogens with one attached hydrogen (secondary N) is 1. The fourth-order valence-electron chi connectivity index (χ4n) is 3.40. The van der Waals surface area contributed by atoms with Crippen LogP contribution in [0.15, 0.2) is 35.2 Å². The molecule has 7 nitrogen and oxygen atoms in total. The van der Waals surface area contributed by atoms with Crippen molar-refractivity contribution in [3.8, 4) is 11.5 Å². The number of halogens is 1. The van der Waals surface area contributed by atoms with E-state index in [1.54, 1.807) is 12.1 Å². The van der Waals surface area contributed by atoms with Crippen LogP contribution in [0.4, 0.5) is 5.69 Å². The summed E-state index contributed by atoms with van der Waals surface area (Å²) >= 11 is 6.23. The lowest BCUT2D eigenvalue weighted by atomic mass is 10.1. The summed E-state index contributed by atoms with van der Waals surface area (Å²) in [6, 6.07) is 7.60. The Morgan fingerprint density at radius 3 is 2.30 bits per heavy atom. The van der Waals surface area contributed by atoms with E-state index in [1.807, 2.05) is 6.92 Å². The van der Waals surface area contributed by atoms with Crippen LogP contribution in [-0.2, 0) is 10.0 Å². The van der Waals surface area contributed by atoms with Gasteiger partial charge in [0.1, 0.15) is 0 Å². The summed E-state index contributed by atoms with van der Waals surface area (Å²) in [5, 5.41) is 2.95. The zero-order valence-electron chi connectivity index (χ0n) is 17.2. The molecule has 0 aliphatic carbocycles. The number of aryl methyl sites for hydroxylation is 1. The van der Waals surface area contributed by atoms with Gasteiger partial charge in [-0.1, -0.05) is 18.0 Å². The molecule has 1 aliphatic rings. The van der Waals surface area contributed by atoms with Crippen LogP contribution in [0.2, 0.25) is 5.02 Å². The quantitative estimate of drug-likeness (QED) is 0.713. The van der Waals surface area contributed by atoms with E-state index in [4.69, 9.17) is 21.1 Å². The summed E-state index contributed by atoms with van der Waals surface area (Å²) < 4.78 is 37.9. The second kappa shape index (κ2) is 9.24. The van der Waals surface area contributed by atoms with Crippen LogP contribution in [0.1, 0.15) is 35.2 Å². The van der Waals surface area contributed by atoms with E-state index >= 15 is 0 Å². The second-order valence-corrected chi connectivity index (χ2v) is 9.43. The molecule has 0 spiro atoms. The highest BCUT2D eigenvalue weighted by Crippen LogP contribution is 2.33. The lowest BCUT2D eigenvalue weighted by Gasteiger charge is -2.26. The molecular formula is C21H25ClN2O5S. The first kappa shape index (κ1) is 22.4. The number of piperidine rings is 1. The number of carbonyl (C=O) groups is 1. The number of amides is 1. The highest BCUT2D eigenvalue weighted by Gasteiger charge is 2.27. The number of anilines is 1. The minimum absolute atomic E-state index is 0.0583. The second-order valence-electron chi connectivity index (χ2n) is 7.08. The zero-order valence-corrected chi connectivity index (χ0v) is 18.8. The van der Waals surface area contributed by atoms with Crippen molar-refractivity contribution >= 4 is 33.2 Å². The summed E-state index contributed by atoms with van der Waals surface area (Å²) in [4.78, 5) is 13.0. The molecule has 0 unspecified atom stereocenters. The first-order valence-corrected chi connectivity index (χ1v) is 11.4. The van der Waals surface area contributed by atoms with Gasteiger partial charge >= 0.3 is 0 Å². The molecular weight excluding hydrogens is 428 g/mol. The van der Waals surface area contributed by atoms with E-state index in [2.05, 4.69) is 5.32 Å². The topological polar surface area (TPSA) is 84.9 Å². The van der Waals surface area contributed by atoms with E-state index in [0.717, 1.165) is 24.8 Å². The molecule has 0 atom stereocenters. The molecule has 1 heterocycles. The molecule has 30 heavy (non-hydrogen) atoms. The van der Waals surface area contributed by atoms with Gasteiger partial charge in [0.2, 0.25) is 10.0 Å². The van der Waals surface area contributed by atoms with Crippen molar-refractivity contribution in [1.82, 2.24) is 4.31 Å².